The molecule has 0 aliphatic carbocycles. The largest absolute Gasteiger partial charge is 0.380 e. The second-order valence-corrected chi connectivity index (χ2v) is 7.26. The second-order valence-electron chi connectivity index (χ2n) is 7.26. The standard InChI is InChI=1S/C25H20N6/c1-17-12-14-19(15-13-17)22-16-21(18-8-4-2-5-9-18)27-25-23(24(26)30-31(22)25)29-28-20-10-6-3-7-11-20/h2-16H,1H3,(H2,26,30). The number of rotatable bonds is 4. The van der Waals surface area contributed by atoms with Crippen LogP contribution in [0.3, 0.4) is 0 Å². The fourth-order valence-electron chi connectivity index (χ4n) is 3.41. The van der Waals surface area contributed by atoms with E-state index in [9.17, 15) is 0 Å². The summed E-state index contributed by atoms with van der Waals surface area (Å²) in [6.45, 7) is 2.06. The van der Waals surface area contributed by atoms with Crippen molar-refractivity contribution in [3.05, 3.63) is 96.6 Å². The van der Waals surface area contributed by atoms with Crippen LogP contribution in [0.4, 0.5) is 17.2 Å². The molecular formula is C25H20N6. The minimum absolute atomic E-state index is 0.283. The molecule has 0 fully saturated rings. The maximum Gasteiger partial charge on any atom is 0.186 e. The summed E-state index contributed by atoms with van der Waals surface area (Å²) in [6, 6.07) is 29.9. The van der Waals surface area contributed by atoms with Crippen LogP contribution in [0.1, 0.15) is 5.56 Å². The lowest BCUT2D eigenvalue weighted by atomic mass is 10.1. The van der Waals surface area contributed by atoms with E-state index in [0.717, 1.165) is 28.2 Å². The molecule has 0 atom stereocenters. The lowest BCUT2D eigenvalue weighted by molar-refractivity contribution is 0.955. The first-order valence-electron chi connectivity index (χ1n) is 9.97. The molecule has 0 unspecified atom stereocenters. The first-order chi connectivity index (χ1) is 15.2. The molecule has 2 aromatic heterocycles. The molecule has 0 radical (unpaired) electrons. The lowest BCUT2D eigenvalue weighted by Gasteiger charge is -2.09. The van der Waals surface area contributed by atoms with Crippen molar-refractivity contribution in [2.75, 3.05) is 5.73 Å². The molecule has 0 aliphatic rings. The van der Waals surface area contributed by atoms with Gasteiger partial charge in [-0.05, 0) is 25.1 Å². The quantitative estimate of drug-likeness (QED) is 0.353. The number of fused-ring (bicyclic) bond motifs is 1. The van der Waals surface area contributed by atoms with Crippen LogP contribution in [0.15, 0.2) is 101 Å². The van der Waals surface area contributed by atoms with Crippen molar-refractivity contribution in [2.45, 2.75) is 6.92 Å². The summed E-state index contributed by atoms with van der Waals surface area (Å²) in [4.78, 5) is 4.85. The third kappa shape index (κ3) is 3.67. The summed E-state index contributed by atoms with van der Waals surface area (Å²) in [5.74, 6) is 0.283. The highest BCUT2D eigenvalue weighted by Crippen LogP contribution is 2.34. The van der Waals surface area contributed by atoms with Crippen LogP contribution in [0, 0.1) is 6.92 Å². The van der Waals surface area contributed by atoms with Crippen LogP contribution >= 0.6 is 0 Å². The Balaban J connectivity index is 1.74. The SMILES string of the molecule is Cc1ccc(-c2cc(-c3ccccc3)nc3c(N=Nc4ccccc4)c(N)nn23)cc1. The van der Waals surface area contributed by atoms with E-state index < -0.39 is 0 Å². The van der Waals surface area contributed by atoms with Gasteiger partial charge in [-0.2, -0.15) is 5.11 Å². The van der Waals surface area contributed by atoms with Crippen molar-refractivity contribution in [1.29, 1.82) is 0 Å². The minimum Gasteiger partial charge on any atom is -0.380 e. The van der Waals surface area contributed by atoms with Gasteiger partial charge < -0.3 is 5.73 Å². The number of benzene rings is 3. The Morgan fingerprint density at radius 2 is 1.45 bits per heavy atom. The van der Waals surface area contributed by atoms with E-state index >= 15 is 0 Å². The van der Waals surface area contributed by atoms with Crippen molar-refractivity contribution >= 4 is 22.8 Å². The molecule has 0 bridgehead atoms. The summed E-state index contributed by atoms with van der Waals surface area (Å²) in [5.41, 5.74) is 12.9. The average Bonchev–Trinajstić information content (AvgIpc) is 3.14. The number of azo groups is 1. The van der Waals surface area contributed by atoms with E-state index in [1.54, 1.807) is 4.52 Å². The summed E-state index contributed by atoms with van der Waals surface area (Å²) in [5, 5.41) is 13.3. The van der Waals surface area contributed by atoms with Gasteiger partial charge in [-0.25, -0.2) is 9.50 Å². The molecule has 150 valence electrons. The third-order valence-electron chi connectivity index (χ3n) is 5.03. The topological polar surface area (TPSA) is 80.9 Å². The normalized spacial score (nSPS) is 11.4. The van der Waals surface area contributed by atoms with Gasteiger partial charge in [0.1, 0.15) is 0 Å². The maximum absolute atomic E-state index is 6.25. The molecule has 6 nitrogen and oxygen atoms in total. The molecule has 5 rings (SSSR count). The Morgan fingerprint density at radius 3 is 2.16 bits per heavy atom. The molecule has 0 saturated heterocycles. The number of aryl methyl sites for hydroxylation is 1. The van der Waals surface area contributed by atoms with E-state index in [4.69, 9.17) is 10.7 Å². The summed E-state index contributed by atoms with van der Waals surface area (Å²) >= 11 is 0. The Kier molecular flexibility index (Phi) is 4.72. The summed E-state index contributed by atoms with van der Waals surface area (Å²) in [7, 11) is 0. The molecule has 0 amide bonds. The zero-order chi connectivity index (χ0) is 21.2. The van der Waals surface area contributed by atoms with Gasteiger partial charge in [0.2, 0.25) is 0 Å². The fraction of sp³-hybridized carbons (Fsp3) is 0.0400. The van der Waals surface area contributed by atoms with Crippen LogP contribution in [0.25, 0.3) is 28.2 Å². The smallest absolute Gasteiger partial charge is 0.186 e. The number of hydrogen-bond donors (Lipinski definition) is 1. The Labute approximate surface area is 179 Å². The highest BCUT2D eigenvalue weighted by atomic mass is 15.3. The Morgan fingerprint density at radius 1 is 0.774 bits per heavy atom. The van der Waals surface area contributed by atoms with Crippen molar-refractivity contribution < 1.29 is 0 Å². The highest BCUT2D eigenvalue weighted by Gasteiger charge is 2.17. The Hall–Kier alpha value is -4.32. The maximum atomic E-state index is 6.25. The lowest BCUT2D eigenvalue weighted by Crippen LogP contribution is -1.99. The highest BCUT2D eigenvalue weighted by molar-refractivity contribution is 5.81. The average molecular weight is 404 g/mol. The number of nitrogens with zero attached hydrogens (tertiary/aromatic N) is 5. The minimum atomic E-state index is 0.283. The van der Waals surface area contributed by atoms with Gasteiger partial charge in [-0.1, -0.05) is 78.4 Å². The van der Waals surface area contributed by atoms with Crippen LogP contribution in [0.5, 0.6) is 0 Å². The first-order valence-corrected chi connectivity index (χ1v) is 9.97. The van der Waals surface area contributed by atoms with E-state index in [2.05, 4.69) is 46.5 Å². The molecule has 2 heterocycles. The molecule has 5 aromatic rings. The number of anilines is 1. The van der Waals surface area contributed by atoms with Gasteiger partial charge in [0.05, 0.1) is 17.1 Å². The number of hydrogen-bond acceptors (Lipinski definition) is 5. The molecular weight excluding hydrogens is 384 g/mol. The van der Waals surface area contributed by atoms with Gasteiger partial charge >= 0.3 is 0 Å². The van der Waals surface area contributed by atoms with Gasteiger partial charge in [-0.15, -0.1) is 10.2 Å². The van der Waals surface area contributed by atoms with Crippen LogP contribution in [0.2, 0.25) is 0 Å². The molecule has 31 heavy (non-hydrogen) atoms. The van der Waals surface area contributed by atoms with Crippen molar-refractivity contribution in [3.63, 3.8) is 0 Å². The predicted octanol–water partition coefficient (Wildman–Crippen LogP) is 6.37. The second kappa shape index (κ2) is 7.84. The van der Waals surface area contributed by atoms with E-state index in [1.807, 2.05) is 66.7 Å². The van der Waals surface area contributed by atoms with E-state index in [1.165, 1.54) is 5.56 Å². The summed E-state index contributed by atoms with van der Waals surface area (Å²) in [6.07, 6.45) is 0. The molecule has 6 heteroatoms. The summed E-state index contributed by atoms with van der Waals surface area (Å²) < 4.78 is 1.74. The van der Waals surface area contributed by atoms with Crippen LogP contribution in [-0.4, -0.2) is 14.6 Å². The fourth-order valence-corrected chi connectivity index (χ4v) is 3.41. The van der Waals surface area contributed by atoms with Crippen molar-refractivity contribution in [1.82, 2.24) is 14.6 Å². The van der Waals surface area contributed by atoms with Gasteiger partial charge in [0.15, 0.2) is 17.2 Å². The molecule has 0 spiro atoms. The monoisotopic (exact) mass is 404 g/mol. The van der Waals surface area contributed by atoms with Crippen LogP contribution < -0.4 is 5.73 Å². The molecule has 0 saturated carbocycles. The van der Waals surface area contributed by atoms with Gasteiger partial charge in [0, 0.05) is 11.1 Å². The predicted molar refractivity (Wildman–Crippen MR) is 124 cm³/mol. The number of aromatic nitrogens is 3. The first kappa shape index (κ1) is 18.7. The zero-order valence-corrected chi connectivity index (χ0v) is 17.0. The number of nitrogen functional groups attached to an aromatic ring is 1. The van der Waals surface area contributed by atoms with E-state index in [0.29, 0.717) is 11.3 Å². The number of nitrogens with two attached hydrogens (primary N) is 1. The van der Waals surface area contributed by atoms with Crippen LogP contribution in [-0.2, 0) is 0 Å². The Bertz CT molecular complexity index is 1370. The molecule has 3 aromatic carbocycles. The third-order valence-corrected chi connectivity index (χ3v) is 5.03. The molecule has 2 N–H and O–H groups in total. The molecule has 0 aliphatic heterocycles. The van der Waals surface area contributed by atoms with E-state index in [-0.39, 0.29) is 5.82 Å². The zero-order valence-electron chi connectivity index (χ0n) is 17.0. The van der Waals surface area contributed by atoms with Gasteiger partial charge in [0.25, 0.3) is 0 Å². The van der Waals surface area contributed by atoms with Crippen molar-refractivity contribution in [2.24, 2.45) is 10.2 Å². The van der Waals surface area contributed by atoms with Crippen molar-refractivity contribution in [3.8, 4) is 22.5 Å². The van der Waals surface area contributed by atoms with Gasteiger partial charge in [-0.3, -0.25) is 0 Å².